The molecule has 9 heteroatoms. The Morgan fingerprint density at radius 1 is 1.16 bits per heavy atom. The van der Waals surface area contributed by atoms with Crippen molar-refractivity contribution in [3.05, 3.63) is 70.5 Å². The summed E-state index contributed by atoms with van der Waals surface area (Å²) in [4.78, 5) is 26.9. The monoisotopic (exact) mass is 479 g/mol. The van der Waals surface area contributed by atoms with E-state index in [0.29, 0.717) is 29.1 Å². The summed E-state index contributed by atoms with van der Waals surface area (Å²) in [5.41, 5.74) is 1.24. The second-order valence-corrected chi connectivity index (χ2v) is 10.1. The number of ether oxygens (including phenoxy) is 1. The number of hydrogen-bond donors (Lipinski definition) is 0. The maximum absolute atomic E-state index is 13.4. The lowest BCUT2D eigenvalue weighted by molar-refractivity contribution is -0.148. The summed E-state index contributed by atoms with van der Waals surface area (Å²) < 4.78 is 42.1. The zero-order valence-electron chi connectivity index (χ0n) is 17.5. The van der Waals surface area contributed by atoms with Gasteiger partial charge in [-0.15, -0.1) is 0 Å². The second-order valence-electron chi connectivity index (χ2n) is 7.43. The van der Waals surface area contributed by atoms with Crippen molar-refractivity contribution in [3.63, 3.8) is 0 Å². The standard InChI is InChI=1S/C23H23ClFNO5S/c1-2-26(20-11-12-32(29,30)15-20)22(27)14-31-23(28)21(17-5-9-19(25)10-6-17)13-16-3-7-18(24)8-4-16/h3-10,13,20H,2,11-12,14-15H2,1H3/b21-13+. The van der Waals surface area contributed by atoms with Gasteiger partial charge in [0.1, 0.15) is 5.82 Å². The Kier molecular flexibility index (Phi) is 7.69. The maximum atomic E-state index is 13.4. The molecule has 0 saturated carbocycles. The molecule has 32 heavy (non-hydrogen) atoms. The Balaban J connectivity index is 1.77. The van der Waals surface area contributed by atoms with Gasteiger partial charge >= 0.3 is 5.97 Å². The average Bonchev–Trinajstić information content (AvgIpc) is 3.12. The van der Waals surface area contributed by atoms with E-state index < -0.39 is 40.2 Å². The van der Waals surface area contributed by atoms with E-state index in [4.69, 9.17) is 16.3 Å². The van der Waals surface area contributed by atoms with E-state index in [9.17, 15) is 22.4 Å². The van der Waals surface area contributed by atoms with Gasteiger partial charge in [-0.3, -0.25) is 4.79 Å². The number of amides is 1. The maximum Gasteiger partial charge on any atom is 0.339 e. The summed E-state index contributed by atoms with van der Waals surface area (Å²) in [5.74, 6) is -1.71. The minimum absolute atomic E-state index is 0.0414. The van der Waals surface area contributed by atoms with E-state index in [1.807, 2.05) is 0 Å². The molecule has 1 unspecified atom stereocenters. The van der Waals surface area contributed by atoms with Crippen LogP contribution in [-0.4, -0.2) is 55.9 Å². The van der Waals surface area contributed by atoms with Gasteiger partial charge in [0.25, 0.3) is 5.91 Å². The minimum Gasteiger partial charge on any atom is -0.452 e. The van der Waals surface area contributed by atoms with Gasteiger partial charge in [0.2, 0.25) is 0 Å². The van der Waals surface area contributed by atoms with Gasteiger partial charge in [-0.25, -0.2) is 17.6 Å². The SMILES string of the molecule is CCN(C(=O)COC(=O)/C(=C/c1ccc(Cl)cc1)c1ccc(F)cc1)C1CCS(=O)(=O)C1. The summed E-state index contributed by atoms with van der Waals surface area (Å²) in [6.45, 7) is 1.53. The number of nitrogens with zero attached hydrogens (tertiary/aromatic N) is 1. The number of sulfone groups is 1. The predicted octanol–water partition coefficient (Wildman–Crippen LogP) is 3.60. The van der Waals surface area contributed by atoms with Crippen molar-refractivity contribution in [1.29, 1.82) is 0 Å². The first-order chi connectivity index (χ1) is 15.2. The molecule has 0 aliphatic carbocycles. The first kappa shape index (κ1) is 23.9. The third kappa shape index (κ3) is 6.17. The molecule has 1 atom stereocenters. The van der Waals surface area contributed by atoms with E-state index in [0.717, 1.165) is 0 Å². The van der Waals surface area contributed by atoms with Gasteiger partial charge in [0, 0.05) is 17.6 Å². The Morgan fingerprint density at radius 2 is 1.81 bits per heavy atom. The lowest BCUT2D eigenvalue weighted by Gasteiger charge is -2.26. The van der Waals surface area contributed by atoms with Crippen molar-refractivity contribution >= 4 is 45.0 Å². The van der Waals surface area contributed by atoms with Crippen LogP contribution < -0.4 is 0 Å². The van der Waals surface area contributed by atoms with Crippen LogP contribution in [-0.2, 0) is 24.2 Å². The normalized spacial score (nSPS) is 17.7. The Bertz CT molecular complexity index is 1110. The van der Waals surface area contributed by atoms with Gasteiger partial charge in [0.05, 0.1) is 17.1 Å². The summed E-state index contributed by atoms with van der Waals surface area (Å²) in [7, 11) is -3.16. The van der Waals surface area contributed by atoms with Crippen LogP contribution in [0.15, 0.2) is 48.5 Å². The van der Waals surface area contributed by atoms with Crippen molar-refractivity contribution in [2.75, 3.05) is 24.7 Å². The fraction of sp³-hybridized carbons (Fsp3) is 0.304. The average molecular weight is 480 g/mol. The Labute approximate surface area is 191 Å². The lowest BCUT2D eigenvalue weighted by Crippen LogP contribution is -2.43. The smallest absolute Gasteiger partial charge is 0.339 e. The molecular weight excluding hydrogens is 457 g/mol. The van der Waals surface area contributed by atoms with Crippen molar-refractivity contribution in [2.45, 2.75) is 19.4 Å². The number of likely N-dealkylation sites (N-methyl/N-ethyl adjacent to an activating group) is 1. The number of halogens is 2. The van der Waals surface area contributed by atoms with Crippen LogP contribution >= 0.6 is 11.6 Å². The first-order valence-electron chi connectivity index (χ1n) is 10.1. The largest absolute Gasteiger partial charge is 0.452 e. The molecule has 1 aliphatic rings. The molecule has 1 aliphatic heterocycles. The zero-order valence-corrected chi connectivity index (χ0v) is 19.0. The van der Waals surface area contributed by atoms with Crippen LogP contribution in [0.1, 0.15) is 24.5 Å². The van der Waals surface area contributed by atoms with Crippen LogP contribution in [0, 0.1) is 5.82 Å². The minimum atomic E-state index is -3.16. The number of hydrogen-bond acceptors (Lipinski definition) is 5. The summed E-state index contributed by atoms with van der Waals surface area (Å²) >= 11 is 5.91. The van der Waals surface area contributed by atoms with Crippen LogP contribution in [0.3, 0.4) is 0 Å². The lowest BCUT2D eigenvalue weighted by atomic mass is 10.0. The van der Waals surface area contributed by atoms with Crippen LogP contribution in [0.5, 0.6) is 0 Å². The van der Waals surface area contributed by atoms with Gasteiger partial charge in [-0.05, 0) is 54.8 Å². The highest BCUT2D eigenvalue weighted by atomic mass is 35.5. The summed E-state index contributed by atoms with van der Waals surface area (Å²) in [6.07, 6.45) is 1.94. The van der Waals surface area contributed by atoms with E-state index in [1.165, 1.54) is 29.2 Å². The van der Waals surface area contributed by atoms with E-state index in [2.05, 4.69) is 0 Å². The third-order valence-corrected chi connectivity index (χ3v) is 7.20. The number of carbonyl (C=O) groups is 2. The fourth-order valence-corrected chi connectivity index (χ4v) is 5.42. The summed E-state index contributed by atoms with van der Waals surface area (Å²) in [5, 5.41) is 0.534. The molecule has 2 aromatic rings. The molecule has 3 rings (SSSR count). The second kappa shape index (κ2) is 10.3. The van der Waals surface area contributed by atoms with E-state index >= 15 is 0 Å². The Hall–Kier alpha value is -2.71. The van der Waals surface area contributed by atoms with Crippen molar-refractivity contribution in [2.24, 2.45) is 0 Å². The topological polar surface area (TPSA) is 80.8 Å². The highest BCUT2D eigenvalue weighted by Crippen LogP contribution is 2.22. The number of benzene rings is 2. The number of carbonyl (C=O) groups excluding carboxylic acids is 2. The van der Waals surface area contributed by atoms with E-state index in [1.54, 1.807) is 37.3 Å². The van der Waals surface area contributed by atoms with Crippen molar-refractivity contribution in [1.82, 2.24) is 4.90 Å². The molecule has 0 spiro atoms. The quantitative estimate of drug-likeness (QED) is 0.344. The molecule has 0 radical (unpaired) electrons. The van der Waals surface area contributed by atoms with Crippen molar-refractivity contribution < 1.29 is 27.1 Å². The van der Waals surface area contributed by atoms with Gasteiger partial charge in [-0.2, -0.15) is 0 Å². The van der Waals surface area contributed by atoms with Gasteiger partial charge in [-0.1, -0.05) is 35.9 Å². The number of esters is 1. The fourth-order valence-electron chi connectivity index (χ4n) is 3.56. The molecule has 1 amide bonds. The molecule has 6 nitrogen and oxygen atoms in total. The molecule has 2 aromatic carbocycles. The summed E-state index contributed by atoms with van der Waals surface area (Å²) in [6, 6.07) is 11.7. The predicted molar refractivity (Wildman–Crippen MR) is 121 cm³/mol. The molecule has 0 aromatic heterocycles. The first-order valence-corrected chi connectivity index (χ1v) is 12.3. The van der Waals surface area contributed by atoms with Crippen LogP contribution in [0.4, 0.5) is 4.39 Å². The molecule has 0 N–H and O–H groups in total. The molecule has 1 saturated heterocycles. The molecule has 0 bridgehead atoms. The molecule has 1 heterocycles. The molecule has 170 valence electrons. The zero-order chi connectivity index (χ0) is 23.3. The highest BCUT2D eigenvalue weighted by Gasteiger charge is 2.34. The van der Waals surface area contributed by atoms with Crippen LogP contribution in [0.2, 0.25) is 5.02 Å². The van der Waals surface area contributed by atoms with E-state index in [-0.39, 0.29) is 17.1 Å². The number of rotatable bonds is 7. The molecular formula is C23H23ClFNO5S. The van der Waals surface area contributed by atoms with Gasteiger partial charge in [0.15, 0.2) is 16.4 Å². The van der Waals surface area contributed by atoms with Crippen molar-refractivity contribution in [3.8, 4) is 0 Å². The van der Waals surface area contributed by atoms with Gasteiger partial charge < -0.3 is 9.64 Å². The van der Waals surface area contributed by atoms with Crippen LogP contribution in [0.25, 0.3) is 11.6 Å². The third-order valence-electron chi connectivity index (χ3n) is 5.19. The highest BCUT2D eigenvalue weighted by molar-refractivity contribution is 7.91. The molecule has 1 fully saturated rings. The Morgan fingerprint density at radius 3 is 2.38 bits per heavy atom.